The van der Waals surface area contributed by atoms with Gasteiger partial charge >= 0.3 is 18.4 Å². The summed E-state index contributed by atoms with van der Waals surface area (Å²) < 4.78 is 81.3. The lowest BCUT2D eigenvalue weighted by Crippen LogP contribution is -2.50. The third-order valence-electron chi connectivity index (χ3n) is 5.50. The second kappa shape index (κ2) is 7.12. The largest absolute Gasteiger partial charge is 0.434 e. The second-order valence-electron chi connectivity index (χ2n) is 7.35. The van der Waals surface area contributed by atoms with E-state index >= 15 is 0 Å². The molecular formula is C16H19F6N3O3. The van der Waals surface area contributed by atoms with Crippen LogP contribution in [0.25, 0.3) is 0 Å². The number of ether oxygens (including phenoxy) is 1. The first kappa shape index (κ1) is 20.7. The molecule has 1 unspecified atom stereocenters. The number of amides is 1. The number of rotatable bonds is 3. The van der Waals surface area contributed by atoms with Crippen molar-refractivity contribution in [2.75, 3.05) is 19.7 Å². The molecule has 1 aromatic rings. The summed E-state index contributed by atoms with van der Waals surface area (Å²) in [6.07, 6.45) is -9.03. The average molecular weight is 415 g/mol. The number of aliphatic hydroxyl groups is 1. The molecule has 1 N–H and O–H groups in total. The summed E-state index contributed by atoms with van der Waals surface area (Å²) in [7, 11) is 0. The van der Waals surface area contributed by atoms with E-state index in [4.69, 9.17) is 5.11 Å². The van der Waals surface area contributed by atoms with Crippen LogP contribution in [0.4, 0.5) is 31.1 Å². The van der Waals surface area contributed by atoms with Gasteiger partial charge in [0.2, 0.25) is 6.10 Å². The van der Waals surface area contributed by atoms with E-state index in [9.17, 15) is 31.1 Å². The Balaban J connectivity index is 1.50. The predicted molar refractivity (Wildman–Crippen MR) is 82.1 cm³/mol. The molecule has 0 radical (unpaired) electrons. The molecule has 1 atom stereocenters. The first-order chi connectivity index (χ1) is 12.9. The van der Waals surface area contributed by atoms with Crippen LogP contribution >= 0.6 is 0 Å². The van der Waals surface area contributed by atoms with Crippen molar-refractivity contribution >= 4 is 6.09 Å². The molecule has 28 heavy (non-hydrogen) atoms. The molecule has 0 bridgehead atoms. The van der Waals surface area contributed by atoms with Gasteiger partial charge < -0.3 is 14.7 Å². The standard InChI is InChI=1S/C16H19F6N3O3/c17-15(18,19)10-7-23-25(8-10)11-5-14(6-11)1-3-24(4-2-14)13(27)28-12(9-26)16(20,21)22/h7-8,11-12,26H,1-6,9H2. The Bertz CT molecular complexity index is 701. The van der Waals surface area contributed by atoms with Gasteiger partial charge in [-0.05, 0) is 31.1 Å². The minimum atomic E-state index is -4.85. The van der Waals surface area contributed by atoms with Gasteiger partial charge in [0.15, 0.2) is 0 Å². The Hall–Kier alpha value is -1.98. The molecule has 1 spiro atoms. The molecule has 2 heterocycles. The quantitative estimate of drug-likeness (QED) is 0.769. The van der Waals surface area contributed by atoms with Gasteiger partial charge in [-0.3, -0.25) is 4.68 Å². The van der Waals surface area contributed by atoms with E-state index in [1.165, 1.54) is 4.68 Å². The fourth-order valence-electron chi connectivity index (χ4n) is 3.79. The first-order valence-electron chi connectivity index (χ1n) is 8.68. The van der Waals surface area contributed by atoms with Crippen LogP contribution in [0, 0.1) is 5.41 Å². The summed E-state index contributed by atoms with van der Waals surface area (Å²) in [5.41, 5.74) is -0.972. The third-order valence-corrected chi connectivity index (χ3v) is 5.50. The number of carbonyl (C=O) groups excluding carboxylic acids is 1. The van der Waals surface area contributed by atoms with Crippen molar-refractivity contribution in [2.24, 2.45) is 5.41 Å². The molecule has 1 aliphatic carbocycles. The molecule has 3 rings (SSSR count). The van der Waals surface area contributed by atoms with Crippen LogP contribution in [0.5, 0.6) is 0 Å². The monoisotopic (exact) mass is 415 g/mol. The lowest BCUT2D eigenvalue weighted by atomic mass is 9.60. The Kier molecular flexibility index (Phi) is 5.28. The molecule has 0 aromatic carbocycles. The third kappa shape index (κ3) is 4.20. The zero-order chi connectivity index (χ0) is 20.7. The van der Waals surface area contributed by atoms with E-state index in [1.54, 1.807) is 0 Å². The normalized spacial score (nSPS) is 21.5. The number of carbonyl (C=O) groups is 1. The molecule has 1 amide bonds. The maximum atomic E-state index is 12.7. The average Bonchev–Trinajstić information content (AvgIpc) is 3.06. The van der Waals surface area contributed by atoms with Crippen LogP contribution in [0.1, 0.15) is 37.3 Å². The highest BCUT2D eigenvalue weighted by molar-refractivity contribution is 5.68. The van der Waals surface area contributed by atoms with Crippen molar-refractivity contribution in [1.82, 2.24) is 14.7 Å². The summed E-state index contributed by atoms with van der Waals surface area (Å²) >= 11 is 0. The van der Waals surface area contributed by atoms with E-state index in [-0.39, 0.29) is 24.5 Å². The molecule has 12 heteroatoms. The molecule has 6 nitrogen and oxygen atoms in total. The van der Waals surface area contributed by atoms with Crippen LogP contribution in [0.15, 0.2) is 12.4 Å². The zero-order valence-electron chi connectivity index (χ0n) is 14.6. The molecule has 1 aliphatic heterocycles. The van der Waals surface area contributed by atoms with Crippen molar-refractivity contribution in [3.63, 3.8) is 0 Å². The minimum absolute atomic E-state index is 0.161. The van der Waals surface area contributed by atoms with Crippen LogP contribution < -0.4 is 0 Å². The number of hydrogen-bond acceptors (Lipinski definition) is 4. The summed E-state index contributed by atoms with van der Waals surface area (Å²) in [5, 5.41) is 12.5. The number of nitrogens with zero attached hydrogens (tertiary/aromatic N) is 3. The van der Waals surface area contributed by atoms with Gasteiger partial charge in [0, 0.05) is 19.3 Å². The number of aromatic nitrogens is 2. The maximum absolute atomic E-state index is 12.7. The fraction of sp³-hybridized carbons (Fsp3) is 0.750. The van der Waals surface area contributed by atoms with Crippen LogP contribution in [0.3, 0.4) is 0 Å². The van der Waals surface area contributed by atoms with E-state index in [0.29, 0.717) is 25.7 Å². The Morgan fingerprint density at radius 2 is 1.86 bits per heavy atom. The first-order valence-corrected chi connectivity index (χ1v) is 8.68. The predicted octanol–water partition coefficient (Wildman–Crippen LogP) is 3.38. The highest BCUT2D eigenvalue weighted by Crippen LogP contribution is 2.54. The van der Waals surface area contributed by atoms with E-state index < -0.39 is 36.7 Å². The molecule has 158 valence electrons. The van der Waals surface area contributed by atoms with Crippen molar-refractivity contribution in [1.29, 1.82) is 0 Å². The number of hydrogen-bond donors (Lipinski definition) is 1. The van der Waals surface area contributed by atoms with E-state index in [0.717, 1.165) is 17.3 Å². The molecular weight excluding hydrogens is 396 g/mol. The van der Waals surface area contributed by atoms with Gasteiger partial charge in [0.1, 0.15) is 0 Å². The molecule has 2 fully saturated rings. The lowest BCUT2D eigenvalue weighted by molar-refractivity contribution is -0.215. The highest BCUT2D eigenvalue weighted by atomic mass is 19.4. The smallest absolute Gasteiger partial charge is 0.427 e. The summed E-state index contributed by atoms with van der Waals surface area (Å²) in [4.78, 5) is 13.0. The van der Waals surface area contributed by atoms with Crippen LogP contribution in [-0.4, -0.2) is 57.9 Å². The second-order valence-corrected chi connectivity index (χ2v) is 7.35. The Morgan fingerprint density at radius 1 is 1.25 bits per heavy atom. The summed E-state index contributed by atoms with van der Waals surface area (Å²) in [5.74, 6) is 0. The molecule has 2 aliphatic rings. The molecule has 1 aromatic heterocycles. The molecule has 1 saturated carbocycles. The van der Waals surface area contributed by atoms with E-state index in [2.05, 4.69) is 9.84 Å². The van der Waals surface area contributed by atoms with Gasteiger partial charge in [-0.2, -0.15) is 31.4 Å². The van der Waals surface area contributed by atoms with Gasteiger partial charge in [0.05, 0.1) is 24.4 Å². The molecule has 1 saturated heterocycles. The number of piperidine rings is 1. The number of alkyl halides is 6. The number of aliphatic hydroxyl groups excluding tert-OH is 1. The van der Waals surface area contributed by atoms with Crippen LogP contribution in [-0.2, 0) is 10.9 Å². The summed E-state index contributed by atoms with van der Waals surface area (Å²) in [6, 6.07) is -0.168. The zero-order valence-corrected chi connectivity index (χ0v) is 14.6. The van der Waals surface area contributed by atoms with Gasteiger partial charge in [-0.1, -0.05) is 0 Å². The van der Waals surface area contributed by atoms with Crippen molar-refractivity contribution in [3.8, 4) is 0 Å². The number of likely N-dealkylation sites (tertiary alicyclic amines) is 1. The van der Waals surface area contributed by atoms with Crippen LogP contribution in [0.2, 0.25) is 0 Å². The number of halogens is 6. The van der Waals surface area contributed by atoms with Crippen molar-refractivity contribution < 1.29 is 41.0 Å². The minimum Gasteiger partial charge on any atom is -0.434 e. The van der Waals surface area contributed by atoms with E-state index in [1.807, 2.05) is 0 Å². The van der Waals surface area contributed by atoms with Gasteiger partial charge in [-0.15, -0.1) is 0 Å². The Morgan fingerprint density at radius 3 is 2.32 bits per heavy atom. The van der Waals surface area contributed by atoms with Gasteiger partial charge in [0.25, 0.3) is 0 Å². The Labute approximate surface area is 156 Å². The van der Waals surface area contributed by atoms with Crippen molar-refractivity contribution in [3.05, 3.63) is 18.0 Å². The lowest BCUT2D eigenvalue weighted by Gasteiger charge is -2.51. The van der Waals surface area contributed by atoms with Crippen molar-refractivity contribution in [2.45, 2.75) is 50.2 Å². The topological polar surface area (TPSA) is 67.6 Å². The summed E-state index contributed by atoms with van der Waals surface area (Å²) in [6.45, 7) is -0.971. The van der Waals surface area contributed by atoms with Gasteiger partial charge in [-0.25, -0.2) is 4.79 Å². The SMILES string of the molecule is O=C(OC(CO)C(F)(F)F)N1CCC2(CC1)CC(n1cc(C(F)(F)F)cn1)C2. The fourth-order valence-corrected chi connectivity index (χ4v) is 3.79. The maximum Gasteiger partial charge on any atom is 0.427 e. The highest BCUT2D eigenvalue weighted by Gasteiger charge is 2.49.